The standard InChI is InChI=1S/C18H18N2/c1-3-13-8-15-9-14(4-5-17(15)20-11(13)2)18-16-6-12(7-16)10-19-18/h4-5,8-10,16H,3,6-7H2,1-2H3. The molecule has 5 rings (SSSR count). The highest BCUT2D eigenvalue weighted by Gasteiger charge is 2.31. The lowest BCUT2D eigenvalue weighted by atomic mass is 9.74. The molecule has 2 nitrogen and oxygen atoms in total. The number of aryl methyl sites for hydroxylation is 2. The SMILES string of the molecule is CCc1cc2cc(C3=NC=C4CC3C4)ccc2nc1C. The van der Waals surface area contributed by atoms with E-state index < -0.39 is 0 Å². The van der Waals surface area contributed by atoms with E-state index in [0.717, 1.165) is 17.6 Å². The van der Waals surface area contributed by atoms with Crippen LogP contribution in [0.1, 0.15) is 36.6 Å². The van der Waals surface area contributed by atoms with Crippen LogP contribution in [0.2, 0.25) is 0 Å². The summed E-state index contributed by atoms with van der Waals surface area (Å²) in [6, 6.07) is 8.86. The molecular weight excluding hydrogens is 244 g/mol. The second-order valence-corrected chi connectivity index (χ2v) is 5.90. The van der Waals surface area contributed by atoms with E-state index in [0.29, 0.717) is 5.92 Å². The first kappa shape index (κ1) is 11.8. The number of aromatic nitrogens is 1. The second-order valence-electron chi connectivity index (χ2n) is 5.90. The van der Waals surface area contributed by atoms with E-state index in [2.05, 4.69) is 49.3 Å². The Morgan fingerprint density at radius 1 is 1.20 bits per heavy atom. The topological polar surface area (TPSA) is 25.2 Å². The normalized spacial score (nSPS) is 17.7. The summed E-state index contributed by atoms with van der Waals surface area (Å²) in [6.45, 7) is 4.28. The van der Waals surface area contributed by atoms with Crippen LogP contribution in [0.3, 0.4) is 0 Å². The molecule has 0 amide bonds. The molecule has 3 aliphatic rings. The van der Waals surface area contributed by atoms with E-state index >= 15 is 0 Å². The van der Waals surface area contributed by atoms with E-state index in [-0.39, 0.29) is 0 Å². The quantitative estimate of drug-likeness (QED) is 0.796. The summed E-state index contributed by atoms with van der Waals surface area (Å²) >= 11 is 0. The Bertz CT molecular complexity index is 760. The molecule has 0 N–H and O–H groups in total. The van der Waals surface area contributed by atoms with Gasteiger partial charge >= 0.3 is 0 Å². The van der Waals surface area contributed by atoms with Crippen molar-refractivity contribution in [2.45, 2.75) is 33.1 Å². The first-order chi connectivity index (χ1) is 9.74. The zero-order valence-electron chi connectivity index (χ0n) is 12.0. The Morgan fingerprint density at radius 2 is 2.05 bits per heavy atom. The summed E-state index contributed by atoms with van der Waals surface area (Å²) in [4.78, 5) is 9.34. The number of rotatable bonds is 2. The van der Waals surface area contributed by atoms with E-state index in [4.69, 9.17) is 4.98 Å². The smallest absolute Gasteiger partial charge is 0.0705 e. The van der Waals surface area contributed by atoms with Gasteiger partial charge in [-0.25, -0.2) is 0 Å². The number of fused-ring (bicyclic) bond motifs is 2. The van der Waals surface area contributed by atoms with Gasteiger partial charge in [0.1, 0.15) is 0 Å². The van der Waals surface area contributed by atoms with Crippen molar-refractivity contribution in [3.63, 3.8) is 0 Å². The zero-order valence-corrected chi connectivity index (χ0v) is 12.0. The summed E-state index contributed by atoms with van der Waals surface area (Å²) in [7, 11) is 0. The molecule has 1 saturated carbocycles. The predicted octanol–water partition coefficient (Wildman–Crippen LogP) is 4.20. The summed E-state index contributed by atoms with van der Waals surface area (Å²) in [5, 5.41) is 1.24. The fourth-order valence-corrected chi connectivity index (χ4v) is 3.28. The van der Waals surface area contributed by atoms with Gasteiger partial charge in [-0.15, -0.1) is 0 Å². The summed E-state index contributed by atoms with van der Waals surface area (Å²) in [6.07, 6.45) is 5.52. The fourth-order valence-electron chi connectivity index (χ4n) is 3.28. The van der Waals surface area contributed by atoms with Crippen LogP contribution in [-0.2, 0) is 6.42 Å². The molecule has 0 radical (unpaired) electrons. The highest BCUT2D eigenvalue weighted by molar-refractivity contribution is 6.06. The van der Waals surface area contributed by atoms with Crippen molar-refractivity contribution in [1.29, 1.82) is 0 Å². The van der Waals surface area contributed by atoms with Crippen molar-refractivity contribution in [3.8, 4) is 0 Å². The lowest BCUT2D eigenvalue weighted by Gasteiger charge is -2.33. The molecule has 2 aliphatic heterocycles. The van der Waals surface area contributed by atoms with Crippen LogP contribution in [0.25, 0.3) is 10.9 Å². The van der Waals surface area contributed by atoms with Crippen LogP contribution in [-0.4, -0.2) is 10.7 Å². The number of benzene rings is 1. The maximum Gasteiger partial charge on any atom is 0.0705 e. The van der Waals surface area contributed by atoms with Crippen molar-refractivity contribution in [2.24, 2.45) is 10.9 Å². The second kappa shape index (κ2) is 4.27. The Labute approximate surface area is 119 Å². The Hall–Kier alpha value is -1.96. The highest BCUT2D eigenvalue weighted by atomic mass is 14.8. The Morgan fingerprint density at radius 3 is 2.75 bits per heavy atom. The third-order valence-electron chi connectivity index (χ3n) is 4.58. The average Bonchev–Trinajstić information content (AvgIpc) is 2.45. The Kier molecular flexibility index (Phi) is 2.53. The molecule has 100 valence electrons. The molecule has 2 bridgehead atoms. The molecular formula is C18H18N2. The van der Waals surface area contributed by atoms with Crippen molar-refractivity contribution in [3.05, 3.63) is 52.9 Å². The molecule has 1 aliphatic carbocycles. The van der Waals surface area contributed by atoms with Crippen molar-refractivity contribution in [2.75, 3.05) is 0 Å². The molecule has 2 aromatic rings. The van der Waals surface area contributed by atoms with E-state index in [1.54, 1.807) is 0 Å². The number of aliphatic imine (C=N–C) groups is 1. The number of allylic oxidation sites excluding steroid dienone is 1. The minimum atomic E-state index is 0.650. The number of hydrogen-bond acceptors (Lipinski definition) is 2. The van der Waals surface area contributed by atoms with Crippen molar-refractivity contribution >= 4 is 16.6 Å². The van der Waals surface area contributed by atoms with E-state index in [9.17, 15) is 0 Å². The predicted molar refractivity (Wildman–Crippen MR) is 83.2 cm³/mol. The van der Waals surface area contributed by atoms with Crippen molar-refractivity contribution in [1.82, 2.24) is 4.98 Å². The lowest BCUT2D eigenvalue weighted by molar-refractivity contribution is 0.533. The summed E-state index contributed by atoms with van der Waals surface area (Å²) in [5.41, 5.74) is 7.61. The zero-order chi connectivity index (χ0) is 13.7. The van der Waals surface area contributed by atoms with Gasteiger partial charge in [-0.1, -0.05) is 18.6 Å². The van der Waals surface area contributed by atoms with Crippen LogP contribution < -0.4 is 0 Å². The summed E-state index contributed by atoms with van der Waals surface area (Å²) < 4.78 is 0. The van der Waals surface area contributed by atoms with Gasteiger partial charge in [-0.3, -0.25) is 9.98 Å². The monoisotopic (exact) mass is 262 g/mol. The van der Waals surface area contributed by atoms with Gasteiger partial charge in [0, 0.05) is 23.2 Å². The average molecular weight is 262 g/mol. The molecule has 0 saturated heterocycles. The van der Waals surface area contributed by atoms with Gasteiger partial charge in [-0.2, -0.15) is 0 Å². The Balaban J connectivity index is 1.84. The van der Waals surface area contributed by atoms with Gasteiger partial charge in [0.2, 0.25) is 0 Å². The summed E-state index contributed by atoms with van der Waals surface area (Å²) in [5.74, 6) is 0.650. The van der Waals surface area contributed by atoms with Crippen molar-refractivity contribution < 1.29 is 0 Å². The van der Waals surface area contributed by atoms with E-state index in [1.165, 1.54) is 40.6 Å². The van der Waals surface area contributed by atoms with Crippen LogP contribution in [0.5, 0.6) is 0 Å². The van der Waals surface area contributed by atoms with Crippen LogP contribution in [0, 0.1) is 12.8 Å². The minimum absolute atomic E-state index is 0.650. The maximum absolute atomic E-state index is 4.71. The molecule has 0 spiro atoms. The number of pyridine rings is 1. The van der Waals surface area contributed by atoms with E-state index in [1.807, 2.05) is 0 Å². The maximum atomic E-state index is 4.71. The first-order valence-corrected chi connectivity index (χ1v) is 7.41. The number of hydrogen-bond donors (Lipinski definition) is 0. The molecule has 20 heavy (non-hydrogen) atoms. The van der Waals surface area contributed by atoms with Gasteiger partial charge in [0.15, 0.2) is 0 Å². The van der Waals surface area contributed by atoms with Gasteiger partial charge < -0.3 is 0 Å². The minimum Gasteiger partial charge on any atom is -0.260 e. The highest BCUT2D eigenvalue weighted by Crippen LogP contribution is 2.39. The molecule has 0 atom stereocenters. The van der Waals surface area contributed by atoms with Crippen LogP contribution in [0.4, 0.5) is 0 Å². The van der Waals surface area contributed by atoms with Gasteiger partial charge in [0.25, 0.3) is 0 Å². The lowest BCUT2D eigenvalue weighted by Crippen LogP contribution is -2.28. The third kappa shape index (κ3) is 1.71. The van der Waals surface area contributed by atoms with Crippen LogP contribution in [0.15, 0.2) is 41.0 Å². The van der Waals surface area contributed by atoms with Gasteiger partial charge in [0.05, 0.1) is 11.2 Å². The molecule has 3 heterocycles. The third-order valence-corrected chi connectivity index (χ3v) is 4.58. The molecule has 2 heteroatoms. The largest absolute Gasteiger partial charge is 0.260 e. The molecule has 1 aromatic carbocycles. The van der Waals surface area contributed by atoms with Crippen LogP contribution >= 0.6 is 0 Å². The molecule has 0 unspecified atom stereocenters. The van der Waals surface area contributed by atoms with Gasteiger partial charge in [-0.05, 0) is 55.5 Å². The molecule has 1 aromatic heterocycles. The number of nitrogens with zero attached hydrogens (tertiary/aromatic N) is 2. The molecule has 1 fully saturated rings. The first-order valence-electron chi connectivity index (χ1n) is 7.41. The fraction of sp³-hybridized carbons (Fsp3) is 0.333.